The van der Waals surface area contributed by atoms with Gasteiger partial charge in [-0.3, -0.25) is 0 Å². The summed E-state index contributed by atoms with van der Waals surface area (Å²) < 4.78 is 0. The third kappa shape index (κ3) is 6.48. The Morgan fingerprint density at radius 2 is 1.06 bits per heavy atom. The third-order valence-corrected chi connectivity index (χ3v) is 18.0. The Balaban J connectivity index is 1.16. The predicted octanol–water partition coefficient (Wildman–Crippen LogP) is 15.2. The zero-order chi connectivity index (χ0) is 45.9. The van der Waals surface area contributed by atoms with Gasteiger partial charge < -0.3 is 9.80 Å². The molecule has 0 spiro atoms. The normalized spacial score (nSPS) is 24.2. The number of hydrogen-bond acceptors (Lipinski definition) is 2. The molecular weight excluding hydrogens is 796 g/mol. The van der Waals surface area contributed by atoms with E-state index in [-0.39, 0.29) is 28.4 Å². The summed E-state index contributed by atoms with van der Waals surface area (Å²) in [6.45, 7) is 26.5. The van der Waals surface area contributed by atoms with Crippen molar-refractivity contribution >= 4 is 57.2 Å². The number of fused-ring (bicyclic) bond motifs is 5. The van der Waals surface area contributed by atoms with Crippen molar-refractivity contribution in [3.05, 3.63) is 149 Å². The van der Waals surface area contributed by atoms with Crippen molar-refractivity contribution in [1.82, 2.24) is 0 Å². The first-order valence-corrected chi connectivity index (χ1v) is 25.7. The topological polar surface area (TPSA) is 6.48 Å². The summed E-state index contributed by atoms with van der Waals surface area (Å²) in [5, 5.41) is 0. The molecule has 6 aromatic carbocycles. The standard InChI is InChI=1S/C63H71BN2/c1-39-27-56-58-57(28-39)66(53-23-20-46(32-48(53)43-15-13-12-14-16-43)63-36-40-29-41(37-63)31-42(30-40)38-63)55-35-50-49(61(8,9)25-26-62(50,10)11)34-52(55)64(58)51-33-45(60(5,6)7)19-24-54(51)65(56)47-21-17-44(18-22-47)59(2,3)4/h12-24,27-28,32-35,40-42H,25-26,29-31,36-38H2,1-11H3. The van der Waals surface area contributed by atoms with E-state index in [0.717, 1.165) is 17.8 Å². The van der Waals surface area contributed by atoms with E-state index in [9.17, 15) is 0 Å². The first kappa shape index (κ1) is 42.3. The Morgan fingerprint density at radius 3 is 1.67 bits per heavy atom. The Labute approximate surface area is 397 Å². The predicted molar refractivity (Wildman–Crippen MR) is 283 cm³/mol. The van der Waals surface area contributed by atoms with Crippen LogP contribution in [0.4, 0.5) is 34.1 Å². The maximum Gasteiger partial charge on any atom is 0.252 e. The first-order chi connectivity index (χ1) is 31.3. The summed E-state index contributed by atoms with van der Waals surface area (Å²) in [5.74, 6) is 2.69. The minimum atomic E-state index is -0.000966. The molecule has 0 radical (unpaired) electrons. The van der Waals surface area contributed by atoms with E-state index >= 15 is 0 Å². The highest BCUT2D eigenvalue weighted by molar-refractivity contribution is 7.00. The second-order valence-corrected chi connectivity index (χ2v) is 25.7. The Hall–Kier alpha value is -5.02. The fourth-order valence-corrected chi connectivity index (χ4v) is 14.7. The lowest BCUT2D eigenvalue weighted by atomic mass is 9.33. The van der Waals surface area contributed by atoms with Crippen LogP contribution in [0.5, 0.6) is 0 Å². The molecule has 5 aliphatic carbocycles. The van der Waals surface area contributed by atoms with Crippen LogP contribution in [-0.2, 0) is 27.1 Å². The Bertz CT molecular complexity index is 2900. The molecule has 4 bridgehead atoms. The number of nitrogens with zero attached hydrogens (tertiary/aromatic N) is 2. The molecular formula is C63H71BN2. The van der Waals surface area contributed by atoms with Gasteiger partial charge in [0.1, 0.15) is 0 Å². The van der Waals surface area contributed by atoms with Gasteiger partial charge in [0.05, 0.1) is 5.69 Å². The van der Waals surface area contributed by atoms with Crippen LogP contribution in [0.15, 0.2) is 115 Å². The summed E-state index contributed by atoms with van der Waals surface area (Å²) >= 11 is 0. The van der Waals surface area contributed by atoms with Crippen LogP contribution in [0.1, 0.15) is 154 Å². The molecule has 0 amide bonds. The molecule has 2 heterocycles. The summed E-state index contributed by atoms with van der Waals surface area (Å²) in [5.41, 5.74) is 23.9. The molecule has 7 aliphatic rings. The Kier molecular flexibility index (Phi) is 9.15. The van der Waals surface area contributed by atoms with E-state index in [0.29, 0.717) is 5.41 Å². The van der Waals surface area contributed by atoms with Crippen LogP contribution in [0.2, 0.25) is 0 Å². The molecule has 0 saturated heterocycles. The molecule has 13 rings (SSSR count). The molecule has 0 N–H and O–H groups in total. The molecule has 336 valence electrons. The van der Waals surface area contributed by atoms with Gasteiger partial charge in [0.2, 0.25) is 0 Å². The molecule has 0 aromatic heterocycles. The number of aryl methyl sites for hydroxylation is 1. The van der Waals surface area contributed by atoms with E-state index in [1.54, 1.807) is 5.56 Å². The van der Waals surface area contributed by atoms with Crippen molar-refractivity contribution in [1.29, 1.82) is 0 Å². The molecule has 3 heteroatoms. The second kappa shape index (κ2) is 14.3. The summed E-state index contributed by atoms with van der Waals surface area (Å²) in [4.78, 5) is 5.36. The van der Waals surface area contributed by atoms with Crippen LogP contribution in [0, 0.1) is 24.7 Å². The number of anilines is 6. The maximum absolute atomic E-state index is 2.75. The smallest absolute Gasteiger partial charge is 0.252 e. The first-order valence-electron chi connectivity index (χ1n) is 25.7. The third-order valence-electron chi connectivity index (χ3n) is 18.0. The van der Waals surface area contributed by atoms with E-state index in [4.69, 9.17) is 0 Å². The minimum Gasteiger partial charge on any atom is -0.311 e. The lowest BCUT2D eigenvalue weighted by Crippen LogP contribution is -2.62. The van der Waals surface area contributed by atoms with Gasteiger partial charge in [-0.2, -0.15) is 0 Å². The van der Waals surface area contributed by atoms with Gasteiger partial charge in [0.15, 0.2) is 0 Å². The van der Waals surface area contributed by atoms with Crippen LogP contribution < -0.4 is 26.2 Å². The van der Waals surface area contributed by atoms with E-state index in [1.165, 1.54) is 141 Å². The van der Waals surface area contributed by atoms with E-state index < -0.39 is 0 Å². The van der Waals surface area contributed by atoms with Gasteiger partial charge in [0.25, 0.3) is 6.71 Å². The van der Waals surface area contributed by atoms with Crippen molar-refractivity contribution in [2.75, 3.05) is 9.80 Å². The van der Waals surface area contributed by atoms with Gasteiger partial charge in [-0.1, -0.05) is 136 Å². The fourth-order valence-electron chi connectivity index (χ4n) is 14.7. The lowest BCUT2D eigenvalue weighted by Gasteiger charge is -2.57. The van der Waals surface area contributed by atoms with Crippen molar-refractivity contribution in [3.63, 3.8) is 0 Å². The molecule has 2 aliphatic heterocycles. The van der Waals surface area contributed by atoms with E-state index in [2.05, 4.69) is 201 Å². The van der Waals surface area contributed by atoms with Gasteiger partial charge in [-0.25, -0.2) is 0 Å². The summed E-state index contributed by atoms with van der Waals surface area (Å²) in [7, 11) is 0. The Morgan fingerprint density at radius 1 is 0.515 bits per heavy atom. The van der Waals surface area contributed by atoms with E-state index in [1.807, 2.05) is 0 Å². The molecule has 2 nitrogen and oxygen atoms in total. The van der Waals surface area contributed by atoms with Gasteiger partial charge in [-0.05, 0) is 207 Å². The van der Waals surface area contributed by atoms with Gasteiger partial charge in [-0.15, -0.1) is 0 Å². The SMILES string of the molecule is Cc1cc2c3c(c1)N(c1ccc(C45CC6CC(CC(C6)C4)C5)cc1-c1ccccc1)c1cc4c(cc1B3c1cc(C(C)(C)C)ccc1N2c1ccc(C(C)(C)C)cc1)C(C)(C)CCC4(C)C. The number of hydrogen-bond donors (Lipinski definition) is 0. The quantitative estimate of drug-likeness (QED) is 0.163. The van der Waals surface area contributed by atoms with Crippen molar-refractivity contribution in [3.8, 4) is 11.1 Å². The largest absolute Gasteiger partial charge is 0.311 e. The number of benzene rings is 6. The number of rotatable bonds is 4. The molecule has 4 saturated carbocycles. The van der Waals surface area contributed by atoms with Crippen LogP contribution in [0.25, 0.3) is 11.1 Å². The monoisotopic (exact) mass is 867 g/mol. The molecule has 66 heavy (non-hydrogen) atoms. The van der Waals surface area contributed by atoms with Gasteiger partial charge >= 0.3 is 0 Å². The lowest BCUT2D eigenvalue weighted by molar-refractivity contribution is -0.00516. The molecule has 0 atom stereocenters. The highest BCUT2D eigenvalue weighted by Gasteiger charge is 2.52. The van der Waals surface area contributed by atoms with Crippen LogP contribution in [-0.4, -0.2) is 6.71 Å². The highest BCUT2D eigenvalue weighted by atomic mass is 15.2. The average Bonchev–Trinajstić information content (AvgIpc) is 3.26. The highest BCUT2D eigenvalue weighted by Crippen LogP contribution is 2.62. The molecule has 0 unspecified atom stereocenters. The molecule has 6 aromatic rings. The van der Waals surface area contributed by atoms with Crippen LogP contribution in [0.3, 0.4) is 0 Å². The van der Waals surface area contributed by atoms with Crippen molar-refractivity contribution in [2.24, 2.45) is 17.8 Å². The van der Waals surface area contributed by atoms with Gasteiger partial charge in [0, 0.05) is 34.0 Å². The van der Waals surface area contributed by atoms with Crippen molar-refractivity contribution in [2.45, 2.75) is 155 Å². The fraction of sp³-hybridized carbons (Fsp3) is 0.429. The van der Waals surface area contributed by atoms with Crippen LogP contribution >= 0.6 is 0 Å². The molecule has 4 fully saturated rings. The maximum atomic E-state index is 2.75. The zero-order valence-corrected chi connectivity index (χ0v) is 41.8. The van der Waals surface area contributed by atoms with Crippen molar-refractivity contribution < 1.29 is 0 Å². The zero-order valence-electron chi connectivity index (χ0n) is 41.8. The second-order valence-electron chi connectivity index (χ2n) is 25.7. The average molecular weight is 867 g/mol. The summed E-state index contributed by atoms with van der Waals surface area (Å²) in [6.07, 6.45) is 10.9. The minimum absolute atomic E-state index is 0.000966. The summed E-state index contributed by atoms with van der Waals surface area (Å²) in [6, 6.07) is 46.6.